The molecular weight excluding hydrogens is 446 g/mol. The highest BCUT2D eigenvalue weighted by Gasteiger charge is 2.50. The minimum Gasteiger partial charge on any atom is -0.448 e. The van der Waals surface area contributed by atoms with E-state index in [1.165, 1.54) is 40.7 Å². The van der Waals surface area contributed by atoms with Crippen molar-refractivity contribution in [3.05, 3.63) is 95.1 Å². The van der Waals surface area contributed by atoms with Gasteiger partial charge in [0.2, 0.25) is 0 Å². The van der Waals surface area contributed by atoms with Gasteiger partial charge >= 0.3 is 6.09 Å². The third kappa shape index (κ3) is 4.02. The van der Waals surface area contributed by atoms with Gasteiger partial charge in [-0.15, -0.1) is 0 Å². The molecule has 4 nitrogen and oxygen atoms in total. The van der Waals surface area contributed by atoms with E-state index in [9.17, 15) is 9.90 Å². The summed E-state index contributed by atoms with van der Waals surface area (Å²) in [5.41, 5.74) is 6.34. The number of fused-ring (bicyclic) bond motifs is 5. The molecule has 6 rings (SSSR count). The van der Waals surface area contributed by atoms with Crippen molar-refractivity contribution in [1.82, 2.24) is 4.90 Å². The Kier molecular flexibility index (Phi) is 6.08. The first kappa shape index (κ1) is 23.3. The van der Waals surface area contributed by atoms with E-state index in [2.05, 4.69) is 79.7 Å². The van der Waals surface area contributed by atoms with E-state index in [-0.39, 0.29) is 24.1 Å². The van der Waals surface area contributed by atoms with Gasteiger partial charge in [-0.2, -0.15) is 0 Å². The number of carbonyl (C=O) groups is 1. The maximum absolute atomic E-state index is 13.4. The Morgan fingerprint density at radius 2 is 1.50 bits per heavy atom. The summed E-state index contributed by atoms with van der Waals surface area (Å²) >= 11 is 0. The zero-order chi connectivity index (χ0) is 24.7. The van der Waals surface area contributed by atoms with E-state index in [1.807, 2.05) is 4.90 Å². The van der Waals surface area contributed by atoms with Gasteiger partial charge in [0.15, 0.2) is 0 Å². The Balaban J connectivity index is 1.14. The summed E-state index contributed by atoms with van der Waals surface area (Å²) in [4.78, 5) is 15.3. The average Bonchev–Trinajstić information content (AvgIpc) is 3.38. The van der Waals surface area contributed by atoms with Crippen molar-refractivity contribution in [3.63, 3.8) is 0 Å². The maximum Gasteiger partial charge on any atom is 0.410 e. The number of amides is 1. The van der Waals surface area contributed by atoms with Crippen LogP contribution in [0.1, 0.15) is 73.6 Å². The number of nitrogens with zero attached hydrogens (tertiary/aromatic N) is 1. The Bertz CT molecular complexity index is 1190. The lowest BCUT2D eigenvalue weighted by Crippen LogP contribution is -2.52. The van der Waals surface area contributed by atoms with E-state index < -0.39 is 5.60 Å². The lowest BCUT2D eigenvalue weighted by Gasteiger charge is -2.43. The Labute approximate surface area is 213 Å². The molecule has 3 aromatic rings. The molecule has 2 fully saturated rings. The maximum atomic E-state index is 13.4. The lowest BCUT2D eigenvalue weighted by molar-refractivity contribution is -0.0531. The highest BCUT2D eigenvalue weighted by molar-refractivity contribution is 5.79. The van der Waals surface area contributed by atoms with Crippen LogP contribution >= 0.6 is 0 Å². The minimum absolute atomic E-state index is 0.0177. The second kappa shape index (κ2) is 9.40. The molecule has 3 aromatic carbocycles. The molecule has 2 heterocycles. The molecule has 0 spiro atoms. The Morgan fingerprint density at radius 1 is 0.917 bits per heavy atom. The summed E-state index contributed by atoms with van der Waals surface area (Å²) in [6, 6.07) is 25.4. The topological polar surface area (TPSA) is 49.8 Å². The Hall–Kier alpha value is -3.11. The average molecular weight is 482 g/mol. The molecule has 36 heavy (non-hydrogen) atoms. The van der Waals surface area contributed by atoms with Crippen LogP contribution < -0.4 is 0 Å². The number of aliphatic hydroxyl groups is 1. The number of rotatable bonds is 6. The smallest absolute Gasteiger partial charge is 0.410 e. The molecule has 1 amide bonds. The summed E-state index contributed by atoms with van der Waals surface area (Å²) in [6.45, 7) is 2.55. The standard InChI is InChI=1S/C32H35NO3/c1-2-3-8-22-13-15-23(16-14-22)32(35)19-24-17-18-25(20-32)33(24)31(34)36-21-30-28-11-6-4-9-26(28)27-10-5-7-12-29(27)30/h4-7,9-16,24-25,30,35H,2-3,8,17-21H2,1H3. The van der Waals surface area contributed by atoms with Gasteiger partial charge in [0.1, 0.15) is 6.61 Å². The van der Waals surface area contributed by atoms with Crippen molar-refractivity contribution >= 4 is 6.09 Å². The van der Waals surface area contributed by atoms with Crippen LogP contribution in [0.3, 0.4) is 0 Å². The molecule has 0 aromatic heterocycles. The number of aryl methyl sites for hydroxylation is 1. The van der Waals surface area contributed by atoms with Crippen LogP contribution in [0, 0.1) is 0 Å². The summed E-state index contributed by atoms with van der Waals surface area (Å²) in [5, 5.41) is 11.6. The number of benzene rings is 3. The molecule has 2 atom stereocenters. The van der Waals surface area contributed by atoms with Gasteiger partial charge in [0.05, 0.1) is 5.60 Å². The molecule has 186 valence electrons. The van der Waals surface area contributed by atoms with Gasteiger partial charge in [-0.1, -0.05) is 86.1 Å². The van der Waals surface area contributed by atoms with E-state index in [1.54, 1.807) is 0 Å². The van der Waals surface area contributed by atoms with Crippen LogP contribution in [0.5, 0.6) is 0 Å². The molecule has 2 unspecified atom stereocenters. The predicted molar refractivity (Wildman–Crippen MR) is 142 cm³/mol. The molecule has 1 N–H and O–H groups in total. The normalized spacial score (nSPS) is 24.4. The highest BCUT2D eigenvalue weighted by Crippen LogP contribution is 2.47. The largest absolute Gasteiger partial charge is 0.448 e. The zero-order valence-electron chi connectivity index (χ0n) is 21.0. The van der Waals surface area contributed by atoms with Crippen LogP contribution in [0.4, 0.5) is 4.79 Å². The first-order valence-corrected chi connectivity index (χ1v) is 13.5. The van der Waals surface area contributed by atoms with Crippen molar-refractivity contribution in [1.29, 1.82) is 0 Å². The van der Waals surface area contributed by atoms with Gasteiger partial charge in [-0.3, -0.25) is 0 Å². The number of ether oxygens (including phenoxy) is 1. The molecule has 2 bridgehead atoms. The second-order valence-electron chi connectivity index (χ2n) is 10.8. The SMILES string of the molecule is CCCCc1ccc(C2(O)CC3CCC(C2)N3C(=O)OCC2c3ccccc3-c3ccccc32)cc1. The molecule has 2 aliphatic heterocycles. The fourth-order valence-electron chi connectivity index (χ4n) is 6.79. The molecule has 4 heteroatoms. The molecule has 0 saturated carbocycles. The fourth-order valence-corrected chi connectivity index (χ4v) is 6.79. The van der Waals surface area contributed by atoms with E-state index in [4.69, 9.17) is 4.74 Å². The van der Waals surface area contributed by atoms with Gasteiger partial charge in [-0.25, -0.2) is 4.79 Å². The molecule has 1 aliphatic carbocycles. The molecular formula is C32H35NO3. The van der Waals surface area contributed by atoms with Crippen LogP contribution in [-0.4, -0.2) is 34.8 Å². The van der Waals surface area contributed by atoms with Gasteiger partial charge in [0.25, 0.3) is 0 Å². The number of carbonyl (C=O) groups excluding carboxylic acids is 1. The minimum atomic E-state index is -0.880. The van der Waals surface area contributed by atoms with Crippen molar-refractivity contribution in [2.45, 2.75) is 75.5 Å². The number of piperidine rings is 1. The lowest BCUT2D eigenvalue weighted by atomic mass is 9.80. The zero-order valence-corrected chi connectivity index (χ0v) is 21.0. The highest BCUT2D eigenvalue weighted by atomic mass is 16.6. The first-order chi connectivity index (χ1) is 17.6. The molecule has 3 aliphatic rings. The Morgan fingerprint density at radius 3 is 2.08 bits per heavy atom. The van der Waals surface area contributed by atoms with E-state index in [0.29, 0.717) is 19.4 Å². The second-order valence-corrected chi connectivity index (χ2v) is 10.8. The number of hydrogen-bond acceptors (Lipinski definition) is 3. The van der Waals surface area contributed by atoms with Gasteiger partial charge < -0.3 is 14.7 Å². The summed E-state index contributed by atoms with van der Waals surface area (Å²) in [5.74, 6) is 0.0620. The third-order valence-corrected chi connectivity index (χ3v) is 8.62. The van der Waals surface area contributed by atoms with Crippen LogP contribution in [0.15, 0.2) is 72.8 Å². The summed E-state index contributed by atoms with van der Waals surface area (Å²) < 4.78 is 5.99. The third-order valence-electron chi connectivity index (χ3n) is 8.62. The van der Waals surface area contributed by atoms with Crippen molar-refractivity contribution in [3.8, 4) is 11.1 Å². The monoisotopic (exact) mass is 481 g/mol. The first-order valence-electron chi connectivity index (χ1n) is 13.5. The quantitative estimate of drug-likeness (QED) is 0.422. The number of hydrogen-bond donors (Lipinski definition) is 1. The van der Waals surface area contributed by atoms with Crippen molar-refractivity contribution in [2.24, 2.45) is 0 Å². The van der Waals surface area contributed by atoms with Crippen LogP contribution in [-0.2, 0) is 16.8 Å². The summed E-state index contributed by atoms with van der Waals surface area (Å²) in [6.07, 6.45) is 6.20. The molecule has 0 radical (unpaired) electrons. The van der Waals surface area contributed by atoms with Crippen LogP contribution in [0.25, 0.3) is 11.1 Å². The molecule has 2 saturated heterocycles. The summed E-state index contributed by atoms with van der Waals surface area (Å²) in [7, 11) is 0. The fraction of sp³-hybridized carbons (Fsp3) is 0.406. The predicted octanol–water partition coefficient (Wildman–Crippen LogP) is 6.79. The van der Waals surface area contributed by atoms with E-state index >= 15 is 0 Å². The van der Waals surface area contributed by atoms with Crippen molar-refractivity contribution in [2.75, 3.05) is 6.61 Å². The van der Waals surface area contributed by atoms with Gasteiger partial charge in [0, 0.05) is 30.8 Å². The van der Waals surface area contributed by atoms with Crippen LogP contribution in [0.2, 0.25) is 0 Å². The van der Waals surface area contributed by atoms with Crippen molar-refractivity contribution < 1.29 is 14.6 Å². The van der Waals surface area contributed by atoms with E-state index in [0.717, 1.165) is 24.8 Å². The van der Waals surface area contributed by atoms with Gasteiger partial charge in [-0.05, 0) is 59.1 Å². The number of unbranched alkanes of at least 4 members (excludes halogenated alkanes) is 1.